The first-order chi connectivity index (χ1) is 7.91. The molecule has 0 atom stereocenters. The van der Waals surface area contributed by atoms with Gasteiger partial charge in [-0.3, -0.25) is 4.55 Å². The number of halogens is 1. The molecule has 0 amide bonds. The van der Waals surface area contributed by atoms with Crippen molar-refractivity contribution in [3.05, 3.63) is 29.8 Å². The van der Waals surface area contributed by atoms with Gasteiger partial charge in [0.05, 0.1) is 4.90 Å². The predicted octanol–water partition coefficient (Wildman–Crippen LogP) is 3.66. The lowest BCUT2D eigenvalue weighted by molar-refractivity contribution is 0.483. The Labute approximate surface area is 109 Å². The normalized spacial score (nSPS) is 10.6. The standard InChI is InChI=1S/C7H8O3S.C5H11Cl/c1-6-2-4-7(5-3-6)11(8,9)10;1-2-3-4-5-6/h2-5H,1H3,(H,8,9,10);2-5H2,1H3. The van der Waals surface area contributed by atoms with Crippen LogP contribution in [-0.2, 0) is 10.1 Å². The molecule has 98 valence electrons. The largest absolute Gasteiger partial charge is 0.294 e. The monoisotopic (exact) mass is 278 g/mol. The highest BCUT2D eigenvalue weighted by atomic mass is 35.5. The fourth-order valence-electron chi connectivity index (χ4n) is 1.05. The van der Waals surface area contributed by atoms with Crippen LogP contribution in [0.25, 0.3) is 0 Å². The predicted molar refractivity (Wildman–Crippen MR) is 71.2 cm³/mol. The molecule has 0 saturated heterocycles. The highest BCUT2D eigenvalue weighted by Gasteiger charge is 2.06. The van der Waals surface area contributed by atoms with Gasteiger partial charge in [-0.1, -0.05) is 37.5 Å². The number of hydrogen-bond acceptors (Lipinski definition) is 2. The van der Waals surface area contributed by atoms with Crippen LogP contribution in [0.1, 0.15) is 31.7 Å². The average Bonchev–Trinajstić information content (AvgIpc) is 2.26. The van der Waals surface area contributed by atoms with Crippen LogP contribution < -0.4 is 0 Å². The van der Waals surface area contributed by atoms with Crippen molar-refractivity contribution in [2.75, 3.05) is 5.88 Å². The highest BCUT2D eigenvalue weighted by molar-refractivity contribution is 7.85. The minimum atomic E-state index is -4.02. The van der Waals surface area contributed by atoms with Crippen molar-refractivity contribution in [3.8, 4) is 0 Å². The fourth-order valence-corrected chi connectivity index (χ4v) is 1.72. The first kappa shape index (κ1) is 16.4. The maximum absolute atomic E-state index is 10.5. The molecule has 0 saturated carbocycles. The van der Waals surface area contributed by atoms with Crippen molar-refractivity contribution in [1.29, 1.82) is 0 Å². The van der Waals surface area contributed by atoms with Gasteiger partial charge in [0.1, 0.15) is 0 Å². The molecule has 17 heavy (non-hydrogen) atoms. The molecule has 1 aromatic carbocycles. The van der Waals surface area contributed by atoms with E-state index in [0.717, 1.165) is 11.4 Å². The summed E-state index contributed by atoms with van der Waals surface area (Å²) >= 11 is 5.38. The molecule has 0 unspecified atom stereocenters. The van der Waals surface area contributed by atoms with Crippen LogP contribution in [0.3, 0.4) is 0 Å². The molecule has 0 radical (unpaired) electrons. The topological polar surface area (TPSA) is 54.4 Å². The summed E-state index contributed by atoms with van der Waals surface area (Å²) in [4.78, 5) is -0.0666. The molecule has 0 bridgehead atoms. The summed E-state index contributed by atoms with van der Waals surface area (Å²) in [6, 6.07) is 5.99. The molecular weight excluding hydrogens is 260 g/mol. The maximum Gasteiger partial charge on any atom is 0.294 e. The van der Waals surface area contributed by atoms with Crippen LogP contribution in [0.5, 0.6) is 0 Å². The first-order valence-corrected chi connectivity index (χ1v) is 7.49. The van der Waals surface area contributed by atoms with E-state index in [1.807, 2.05) is 6.92 Å². The van der Waals surface area contributed by atoms with Crippen molar-refractivity contribution >= 4 is 21.7 Å². The van der Waals surface area contributed by atoms with E-state index in [9.17, 15) is 8.42 Å². The average molecular weight is 279 g/mol. The Morgan fingerprint density at radius 3 is 2.00 bits per heavy atom. The molecule has 5 heteroatoms. The second-order valence-electron chi connectivity index (χ2n) is 3.68. The van der Waals surface area contributed by atoms with E-state index in [2.05, 4.69) is 6.92 Å². The minimum absolute atomic E-state index is 0.0666. The van der Waals surface area contributed by atoms with Gasteiger partial charge in [-0.2, -0.15) is 8.42 Å². The van der Waals surface area contributed by atoms with E-state index >= 15 is 0 Å². The summed E-state index contributed by atoms with van der Waals surface area (Å²) in [6.07, 6.45) is 3.73. The third-order valence-electron chi connectivity index (χ3n) is 2.06. The second kappa shape index (κ2) is 8.50. The van der Waals surface area contributed by atoms with E-state index in [-0.39, 0.29) is 4.90 Å². The molecule has 1 rings (SSSR count). The molecule has 0 aliphatic heterocycles. The van der Waals surface area contributed by atoms with Crippen molar-refractivity contribution in [1.82, 2.24) is 0 Å². The lowest BCUT2D eigenvalue weighted by Gasteiger charge is -1.95. The van der Waals surface area contributed by atoms with Gasteiger partial charge in [0.25, 0.3) is 10.1 Å². The Hall–Kier alpha value is -0.580. The maximum atomic E-state index is 10.5. The second-order valence-corrected chi connectivity index (χ2v) is 5.48. The van der Waals surface area contributed by atoms with E-state index in [4.69, 9.17) is 16.2 Å². The van der Waals surface area contributed by atoms with Crippen molar-refractivity contribution in [3.63, 3.8) is 0 Å². The quantitative estimate of drug-likeness (QED) is 0.519. The third-order valence-corrected chi connectivity index (χ3v) is 3.19. The van der Waals surface area contributed by atoms with Gasteiger partial charge in [0.2, 0.25) is 0 Å². The lowest BCUT2D eigenvalue weighted by Crippen LogP contribution is -1.96. The van der Waals surface area contributed by atoms with Crippen molar-refractivity contribution in [2.24, 2.45) is 0 Å². The summed E-state index contributed by atoms with van der Waals surface area (Å²) in [5.41, 5.74) is 0.956. The summed E-state index contributed by atoms with van der Waals surface area (Å²) < 4.78 is 29.6. The van der Waals surface area contributed by atoms with E-state index < -0.39 is 10.1 Å². The van der Waals surface area contributed by atoms with Gasteiger partial charge < -0.3 is 0 Å². The Balaban J connectivity index is 0.000000366. The molecule has 1 N–H and O–H groups in total. The van der Waals surface area contributed by atoms with Gasteiger partial charge in [0, 0.05) is 5.88 Å². The Morgan fingerprint density at radius 1 is 1.18 bits per heavy atom. The number of aryl methyl sites for hydroxylation is 1. The molecule has 0 heterocycles. The van der Waals surface area contributed by atoms with Gasteiger partial charge >= 0.3 is 0 Å². The molecule has 0 spiro atoms. The summed E-state index contributed by atoms with van der Waals surface area (Å²) in [5.74, 6) is 0.827. The van der Waals surface area contributed by atoms with Crippen LogP contribution in [0, 0.1) is 6.92 Å². The van der Waals surface area contributed by atoms with Crippen LogP contribution >= 0.6 is 11.6 Å². The number of alkyl halides is 1. The number of benzene rings is 1. The van der Waals surface area contributed by atoms with E-state index in [0.29, 0.717) is 0 Å². The van der Waals surface area contributed by atoms with E-state index in [1.165, 1.54) is 31.4 Å². The highest BCUT2D eigenvalue weighted by Crippen LogP contribution is 2.08. The first-order valence-electron chi connectivity index (χ1n) is 5.52. The summed E-state index contributed by atoms with van der Waals surface area (Å²) in [6.45, 7) is 4.01. The van der Waals surface area contributed by atoms with Gasteiger partial charge in [-0.15, -0.1) is 11.6 Å². The SMILES string of the molecule is CCCCCCl.Cc1ccc(S(=O)(=O)O)cc1. The van der Waals surface area contributed by atoms with Crippen molar-refractivity contribution in [2.45, 2.75) is 38.0 Å². The zero-order valence-corrected chi connectivity index (χ0v) is 11.8. The molecule has 0 aromatic heterocycles. The smallest absolute Gasteiger partial charge is 0.282 e. The molecule has 0 fully saturated rings. The number of rotatable bonds is 4. The van der Waals surface area contributed by atoms with Crippen molar-refractivity contribution < 1.29 is 13.0 Å². The lowest BCUT2D eigenvalue weighted by atomic mass is 10.2. The third kappa shape index (κ3) is 8.18. The van der Waals surface area contributed by atoms with Crippen LogP contribution in [0.2, 0.25) is 0 Å². The van der Waals surface area contributed by atoms with Crippen LogP contribution in [0.4, 0.5) is 0 Å². The molecule has 1 aromatic rings. The number of unbranched alkanes of at least 4 members (excludes halogenated alkanes) is 2. The number of hydrogen-bond donors (Lipinski definition) is 1. The Kier molecular flexibility index (Phi) is 8.21. The minimum Gasteiger partial charge on any atom is -0.282 e. The summed E-state index contributed by atoms with van der Waals surface area (Å²) in [5, 5.41) is 0. The molecule has 0 aliphatic carbocycles. The zero-order valence-electron chi connectivity index (χ0n) is 10.2. The molecular formula is C12H19ClO3S. The Bertz CT molecular complexity index is 394. The fraction of sp³-hybridized carbons (Fsp3) is 0.500. The summed E-state index contributed by atoms with van der Waals surface area (Å²) in [7, 11) is -4.02. The van der Waals surface area contributed by atoms with Crippen LogP contribution in [-0.4, -0.2) is 18.9 Å². The van der Waals surface area contributed by atoms with E-state index in [1.54, 1.807) is 12.1 Å². The van der Waals surface area contributed by atoms with Gasteiger partial charge in [-0.05, 0) is 25.5 Å². The zero-order chi connectivity index (χ0) is 13.3. The van der Waals surface area contributed by atoms with Gasteiger partial charge in [0.15, 0.2) is 0 Å². The molecule has 3 nitrogen and oxygen atoms in total. The molecule has 0 aliphatic rings. The Morgan fingerprint density at radius 2 is 1.71 bits per heavy atom. The van der Waals surface area contributed by atoms with Gasteiger partial charge in [-0.25, -0.2) is 0 Å². The van der Waals surface area contributed by atoms with Crippen LogP contribution in [0.15, 0.2) is 29.2 Å².